The van der Waals surface area contributed by atoms with Crippen LogP contribution in [0.2, 0.25) is 0 Å². The number of carboxylic acids is 1. The number of fused-ring (bicyclic) bond motifs is 1. The van der Waals surface area contributed by atoms with Gasteiger partial charge in [-0.15, -0.1) is 0 Å². The molecule has 3 aromatic carbocycles. The van der Waals surface area contributed by atoms with Crippen LogP contribution in [0.15, 0.2) is 72.8 Å². The second-order valence-corrected chi connectivity index (χ2v) is 8.23. The minimum Gasteiger partial charge on any atom is -0.494 e. The fraction of sp³-hybridized carbons (Fsp3) is 0.250. The van der Waals surface area contributed by atoms with Crippen molar-refractivity contribution in [2.75, 3.05) is 13.2 Å². The topological polar surface area (TPSA) is 63.5 Å². The number of benzene rings is 3. The lowest BCUT2D eigenvalue weighted by molar-refractivity contribution is 0.0684. The molecule has 0 saturated carbocycles. The number of hydrogen-bond donors (Lipinski definition) is 2. The van der Waals surface area contributed by atoms with Gasteiger partial charge in [0.15, 0.2) is 0 Å². The predicted molar refractivity (Wildman–Crippen MR) is 132 cm³/mol. The Morgan fingerprint density at radius 2 is 1.76 bits per heavy atom. The third-order valence-electron chi connectivity index (χ3n) is 5.84. The Bertz CT molecular complexity index is 1230. The Morgan fingerprint density at radius 1 is 1.00 bits per heavy atom. The molecular weight excluding hydrogens is 412 g/mol. The van der Waals surface area contributed by atoms with Gasteiger partial charge in [-0.2, -0.15) is 0 Å². The van der Waals surface area contributed by atoms with Gasteiger partial charge in [0, 0.05) is 29.6 Å². The average Bonchev–Trinajstić information content (AvgIpc) is 3.11. The Balaban J connectivity index is 1.56. The molecule has 4 rings (SSSR count). The Hall–Kier alpha value is -3.57. The third kappa shape index (κ3) is 5.26. The zero-order valence-corrected chi connectivity index (χ0v) is 19.2. The fourth-order valence-electron chi connectivity index (χ4n) is 4.25. The lowest BCUT2D eigenvalue weighted by atomic mass is 10.1. The van der Waals surface area contributed by atoms with Crippen LogP contribution >= 0.6 is 0 Å². The quantitative estimate of drug-likeness (QED) is 0.322. The van der Waals surface area contributed by atoms with Crippen LogP contribution in [0.25, 0.3) is 10.9 Å². The Kier molecular flexibility index (Phi) is 7.10. The molecule has 0 unspecified atom stereocenters. The summed E-state index contributed by atoms with van der Waals surface area (Å²) < 4.78 is 7.43. The number of ether oxygens (including phenoxy) is 1. The van der Waals surface area contributed by atoms with E-state index in [1.165, 1.54) is 5.56 Å². The number of aromatic nitrogens is 1. The number of nitrogens with one attached hydrogen (secondary N) is 1. The molecule has 1 heterocycles. The lowest BCUT2D eigenvalue weighted by Gasteiger charge is -2.10. The van der Waals surface area contributed by atoms with E-state index < -0.39 is 5.97 Å². The van der Waals surface area contributed by atoms with Gasteiger partial charge in [-0.3, -0.25) is 0 Å². The van der Waals surface area contributed by atoms with E-state index in [1.807, 2.05) is 73.0 Å². The van der Waals surface area contributed by atoms with Crippen LogP contribution in [0, 0.1) is 6.92 Å². The number of hydrogen-bond acceptors (Lipinski definition) is 3. The highest BCUT2D eigenvalue weighted by atomic mass is 16.5. The molecule has 5 heteroatoms. The molecule has 4 aromatic rings. The van der Waals surface area contributed by atoms with Crippen molar-refractivity contribution in [2.24, 2.45) is 0 Å². The number of aryl methyl sites for hydroxylation is 1. The largest absolute Gasteiger partial charge is 0.494 e. The molecule has 0 aliphatic heterocycles. The molecular formula is C28H30N2O3. The molecule has 0 radical (unpaired) electrons. The molecule has 0 saturated heterocycles. The minimum atomic E-state index is -0.900. The molecule has 0 aliphatic rings. The average molecular weight is 443 g/mol. The normalized spacial score (nSPS) is 11.1. The van der Waals surface area contributed by atoms with Crippen molar-refractivity contribution in [1.82, 2.24) is 9.88 Å². The molecule has 0 bridgehead atoms. The van der Waals surface area contributed by atoms with Gasteiger partial charge in [0.05, 0.1) is 6.61 Å². The second-order valence-electron chi connectivity index (χ2n) is 8.23. The first-order valence-electron chi connectivity index (χ1n) is 11.4. The van der Waals surface area contributed by atoms with E-state index in [9.17, 15) is 9.90 Å². The van der Waals surface area contributed by atoms with Crippen molar-refractivity contribution >= 4 is 16.9 Å². The molecule has 33 heavy (non-hydrogen) atoms. The smallest absolute Gasteiger partial charge is 0.352 e. The number of rotatable bonds is 10. The minimum absolute atomic E-state index is 0.355. The van der Waals surface area contributed by atoms with Crippen LogP contribution in [0.3, 0.4) is 0 Å². The number of aromatic carboxylic acids is 1. The molecule has 170 valence electrons. The van der Waals surface area contributed by atoms with Crippen LogP contribution in [-0.4, -0.2) is 28.8 Å². The molecule has 2 N–H and O–H groups in total. The molecule has 0 atom stereocenters. The van der Waals surface area contributed by atoms with Crippen molar-refractivity contribution in [3.63, 3.8) is 0 Å². The van der Waals surface area contributed by atoms with E-state index in [0.29, 0.717) is 25.4 Å². The van der Waals surface area contributed by atoms with E-state index in [0.717, 1.165) is 46.3 Å². The zero-order chi connectivity index (χ0) is 23.2. The van der Waals surface area contributed by atoms with E-state index in [2.05, 4.69) is 23.5 Å². The summed E-state index contributed by atoms with van der Waals surface area (Å²) >= 11 is 0. The van der Waals surface area contributed by atoms with Gasteiger partial charge in [0.25, 0.3) is 0 Å². The van der Waals surface area contributed by atoms with E-state index in [-0.39, 0.29) is 0 Å². The summed E-state index contributed by atoms with van der Waals surface area (Å²) in [7, 11) is 0. The first kappa shape index (κ1) is 22.6. The van der Waals surface area contributed by atoms with Crippen molar-refractivity contribution in [3.8, 4) is 5.75 Å². The maximum absolute atomic E-state index is 12.4. The first-order valence-corrected chi connectivity index (χ1v) is 11.4. The van der Waals surface area contributed by atoms with Gasteiger partial charge in [-0.25, -0.2) is 4.79 Å². The van der Waals surface area contributed by atoms with Crippen LogP contribution in [0.4, 0.5) is 0 Å². The maximum atomic E-state index is 12.4. The van der Waals surface area contributed by atoms with Crippen LogP contribution < -0.4 is 10.1 Å². The van der Waals surface area contributed by atoms with Crippen LogP contribution in [0.5, 0.6) is 5.75 Å². The Morgan fingerprint density at radius 3 is 2.45 bits per heavy atom. The summed E-state index contributed by atoms with van der Waals surface area (Å²) in [5.41, 5.74) is 5.55. The fourth-order valence-corrected chi connectivity index (χ4v) is 4.25. The zero-order valence-electron chi connectivity index (χ0n) is 19.2. The van der Waals surface area contributed by atoms with Crippen molar-refractivity contribution in [2.45, 2.75) is 33.4 Å². The highest BCUT2D eigenvalue weighted by Gasteiger charge is 2.22. The molecule has 0 spiro atoms. The first-order chi connectivity index (χ1) is 16.1. The summed E-state index contributed by atoms with van der Waals surface area (Å²) in [5, 5.41) is 14.6. The van der Waals surface area contributed by atoms with Gasteiger partial charge in [-0.05, 0) is 61.7 Å². The summed E-state index contributed by atoms with van der Waals surface area (Å²) in [4.78, 5) is 12.4. The molecule has 5 nitrogen and oxygen atoms in total. The van der Waals surface area contributed by atoms with Gasteiger partial charge in [0.2, 0.25) is 0 Å². The summed E-state index contributed by atoms with van der Waals surface area (Å²) in [5.74, 6) is -0.0232. The maximum Gasteiger partial charge on any atom is 0.352 e. The van der Waals surface area contributed by atoms with Crippen molar-refractivity contribution in [1.29, 1.82) is 0 Å². The highest BCUT2D eigenvalue weighted by molar-refractivity contribution is 5.98. The lowest BCUT2D eigenvalue weighted by Crippen LogP contribution is -2.19. The second kappa shape index (κ2) is 10.4. The SMILES string of the molecule is CCOc1ccc(CCNCc2c(C(=O)O)n(Cc3ccccc3)c3cc(C)ccc23)cc1. The predicted octanol–water partition coefficient (Wildman–Crippen LogP) is 5.43. The standard InChI is InChI=1S/C28H30N2O3/c1-3-33-23-12-10-21(11-13-23)15-16-29-18-25-24-14-9-20(2)17-26(24)30(27(25)28(31)32)19-22-7-5-4-6-8-22/h4-14,17,29H,3,15-16,18-19H2,1-2H3,(H,31,32). The summed E-state index contributed by atoms with van der Waals surface area (Å²) in [6, 6.07) is 24.3. The number of nitrogens with zero attached hydrogens (tertiary/aromatic N) is 1. The van der Waals surface area contributed by atoms with Gasteiger partial charge in [-0.1, -0.05) is 54.6 Å². The van der Waals surface area contributed by atoms with E-state index >= 15 is 0 Å². The molecule has 0 aliphatic carbocycles. The monoisotopic (exact) mass is 442 g/mol. The summed E-state index contributed by atoms with van der Waals surface area (Å²) in [6.45, 7) is 6.44. The highest BCUT2D eigenvalue weighted by Crippen LogP contribution is 2.28. The van der Waals surface area contributed by atoms with Gasteiger partial charge in [0.1, 0.15) is 11.4 Å². The molecule has 1 aromatic heterocycles. The van der Waals surface area contributed by atoms with Crippen LogP contribution in [0.1, 0.15) is 39.7 Å². The van der Waals surface area contributed by atoms with Crippen LogP contribution in [-0.2, 0) is 19.5 Å². The van der Waals surface area contributed by atoms with Crippen molar-refractivity contribution < 1.29 is 14.6 Å². The summed E-state index contributed by atoms with van der Waals surface area (Å²) in [6.07, 6.45) is 0.858. The number of carbonyl (C=O) groups is 1. The van der Waals surface area contributed by atoms with Gasteiger partial charge >= 0.3 is 5.97 Å². The Labute approximate surface area is 194 Å². The van der Waals surface area contributed by atoms with Crippen molar-refractivity contribution in [3.05, 3.63) is 101 Å². The molecule has 0 fully saturated rings. The van der Waals surface area contributed by atoms with Gasteiger partial charge < -0.3 is 19.7 Å². The van der Waals surface area contributed by atoms with E-state index in [4.69, 9.17) is 4.74 Å². The molecule has 0 amide bonds. The number of carboxylic acid groups (broad SMARTS) is 1. The third-order valence-corrected chi connectivity index (χ3v) is 5.84. The van der Waals surface area contributed by atoms with E-state index in [1.54, 1.807) is 0 Å².